The molecule has 0 saturated heterocycles. The quantitative estimate of drug-likeness (QED) is 0.407. The molecule has 0 bridgehead atoms. The van der Waals surface area contributed by atoms with Gasteiger partial charge in [-0.05, 0) is 44.4 Å². The number of hydrogen-bond acceptors (Lipinski definition) is 8. The summed E-state index contributed by atoms with van der Waals surface area (Å²) < 4.78 is 6.73. The van der Waals surface area contributed by atoms with Crippen molar-refractivity contribution in [1.82, 2.24) is 19.5 Å². The van der Waals surface area contributed by atoms with Gasteiger partial charge in [0.2, 0.25) is 5.95 Å². The predicted molar refractivity (Wildman–Crippen MR) is 124 cm³/mol. The minimum absolute atomic E-state index is 0.0435. The van der Waals surface area contributed by atoms with Crippen molar-refractivity contribution in [3.05, 3.63) is 46.0 Å². The van der Waals surface area contributed by atoms with Gasteiger partial charge in [0.05, 0.1) is 24.1 Å². The second kappa shape index (κ2) is 9.44. The first-order valence-electron chi connectivity index (χ1n) is 10.9. The summed E-state index contributed by atoms with van der Waals surface area (Å²) in [5.74, 6) is 0.714. The molecule has 0 atom stereocenters. The van der Waals surface area contributed by atoms with Crippen LogP contribution in [0.4, 0.5) is 17.5 Å². The molecule has 0 unspecified atom stereocenters. The van der Waals surface area contributed by atoms with Crippen molar-refractivity contribution in [1.29, 1.82) is 0 Å². The van der Waals surface area contributed by atoms with Crippen LogP contribution in [0.5, 0.6) is 0 Å². The fourth-order valence-electron chi connectivity index (χ4n) is 4.29. The van der Waals surface area contributed by atoms with E-state index in [4.69, 9.17) is 4.74 Å². The fourth-order valence-corrected chi connectivity index (χ4v) is 4.29. The molecule has 0 radical (unpaired) electrons. The number of carbonyl (C=O) groups excluding carboxylic acids is 1. The van der Waals surface area contributed by atoms with Crippen LogP contribution in [0.1, 0.15) is 54.6 Å². The molecule has 168 valence electrons. The molecule has 9 heteroatoms. The van der Waals surface area contributed by atoms with E-state index in [2.05, 4.69) is 25.6 Å². The van der Waals surface area contributed by atoms with E-state index in [1.165, 1.54) is 6.92 Å². The summed E-state index contributed by atoms with van der Waals surface area (Å²) in [6, 6.07) is 3.78. The lowest BCUT2D eigenvalue weighted by molar-refractivity contribution is 0.101. The lowest BCUT2D eigenvalue weighted by Gasteiger charge is -2.19. The van der Waals surface area contributed by atoms with Crippen LogP contribution >= 0.6 is 0 Å². The number of Topliss-reactive ketones (excluding diaryl/α,β-unsaturated/α-hetero) is 1. The molecule has 9 nitrogen and oxygen atoms in total. The Kier molecular flexibility index (Phi) is 6.45. The number of carbonyl (C=O) groups is 1. The average Bonchev–Trinajstić information content (AvgIpc) is 3.29. The Morgan fingerprint density at radius 2 is 2.00 bits per heavy atom. The van der Waals surface area contributed by atoms with Crippen LogP contribution < -0.4 is 16.2 Å². The highest BCUT2D eigenvalue weighted by Crippen LogP contribution is 2.32. The van der Waals surface area contributed by atoms with E-state index in [-0.39, 0.29) is 22.9 Å². The SMILES string of the molecule is COCCNc1ccc(Nc2ncc3c(C)c(C(C)=O)c(=O)n(C4CCCC4)c3n2)nc1. The second-order valence-corrected chi connectivity index (χ2v) is 8.08. The van der Waals surface area contributed by atoms with E-state index in [9.17, 15) is 9.59 Å². The molecule has 1 aliphatic rings. The number of aromatic nitrogens is 4. The second-order valence-electron chi connectivity index (χ2n) is 8.08. The summed E-state index contributed by atoms with van der Waals surface area (Å²) in [5, 5.41) is 7.05. The van der Waals surface area contributed by atoms with Crippen LogP contribution in [0, 0.1) is 6.92 Å². The first-order valence-corrected chi connectivity index (χ1v) is 10.9. The van der Waals surface area contributed by atoms with Gasteiger partial charge in [-0.1, -0.05) is 12.8 Å². The number of ketones is 1. The van der Waals surface area contributed by atoms with E-state index < -0.39 is 0 Å². The van der Waals surface area contributed by atoms with E-state index in [1.54, 1.807) is 31.0 Å². The topological polar surface area (TPSA) is 111 Å². The summed E-state index contributed by atoms with van der Waals surface area (Å²) in [6.45, 7) is 4.52. The predicted octanol–water partition coefficient (Wildman–Crippen LogP) is 3.61. The molecule has 1 fully saturated rings. The molecule has 3 heterocycles. The number of nitrogens with zero attached hydrogens (tertiary/aromatic N) is 4. The van der Waals surface area contributed by atoms with Crippen molar-refractivity contribution in [2.45, 2.75) is 45.6 Å². The van der Waals surface area contributed by atoms with Crippen LogP contribution in [0.3, 0.4) is 0 Å². The van der Waals surface area contributed by atoms with Gasteiger partial charge in [-0.15, -0.1) is 0 Å². The van der Waals surface area contributed by atoms with Gasteiger partial charge in [0, 0.05) is 31.3 Å². The summed E-state index contributed by atoms with van der Waals surface area (Å²) in [7, 11) is 1.66. The Hall–Kier alpha value is -3.33. The molecule has 0 aromatic carbocycles. The van der Waals surface area contributed by atoms with Gasteiger partial charge in [0.15, 0.2) is 5.78 Å². The molecule has 1 aliphatic carbocycles. The van der Waals surface area contributed by atoms with Gasteiger partial charge in [-0.3, -0.25) is 14.2 Å². The highest BCUT2D eigenvalue weighted by atomic mass is 16.5. The molecule has 3 aromatic heterocycles. The Bertz CT molecular complexity index is 1180. The standard InChI is InChI=1S/C23H28N6O3/c1-14-18-13-26-23(27-19-9-8-16(12-25-19)24-10-11-32-3)28-21(18)29(17-6-4-5-7-17)22(31)20(14)15(2)30/h8-9,12-13,17,24H,4-7,10-11H2,1-3H3,(H,25,26,27,28). The normalized spacial score (nSPS) is 14.1. The maximum absolute atomic E-state index is 13.3. The van der Waals surface area contributed by atoms with Crippen LogP contribution in [0.2, 0.25) is 0 Å². The third kappa shape index (κ3) is 4.34. The highest BCUT2D eigenvalue weighted by molar-refractivity contribution is 5.99. The first-order chi connectivity index (χ1) is 15.5. The molecule has 3 aromatic rings. The summed E-state index contributed by atoms with van der Waals surface area (Å²) in [4.78, 5) is 39.0. The van der Waals surface area contributed by atoms with Crippen molar-refractivity contribution in [2.75, 3.05) is 30.9 Å². The number of rotatable bonds is 8. The first kappa shape index (κ1) is 21.9. The third-order valence-corrected chi connectivity index (χ3v) is 5.89. The van der Waals surface area contributed by atoms with Gasteiger partial charge in [0.25, 0.3) is 5.56 Å². The monoisotopic (exact) mass is 436 g/mol. The largest absolute Gasteiger partial charge is 0.383 e. The molecule has 32 heavy (non-hydrogen) atoms. The number of ether oxygens (including phenoxy) is 1. The van der Waals surface area contributed by atoms with Crippen LogP contribution in [-0.4, -0.2) is 45.6 Å². The van der Waals surface area contributed by atoms with E-state index in [1.807, 2.05) is 12.1 Å². The number of aryl methyl sites for hydroxylation is 1. The van der Waals surface area contributed by atoms with Crippen molar-refractivity contribution < 1.29 is 9.53 Å². The van der Waals surface area contributed by atoms with Crippen molar-refractivity contribution in [2.24, 2.45) is 0 Å². The maximum atomic E-state index is 13.3. The van der Waals surface area contributed by atoms with Crippen molar-refractivity contribution in [3.8, 4) is 0 Å². The molecule has 0 spiro atoms. The lowest BCUT2D eigenvalue weighted by atomic mass is 10.0. The smallest absolute Gasteiger partial charge is 0.263 e. The molecular formula is C23H28N6O3. The number of nitrogens with one attached hydrogen (secondary N) is 2. The lowest BCUT2D eigenvalue weighted by Crippen LogP contribution is -2.30. The summed E-state index contributed by atoms with van der Waals surface area (Å²) >= 11 is 0. The van der Waals surface area contributed by atoms with E-state index in [0.717, 1.165) is 36.8 Å². The van der Waals surface area contributed by atoms with Gasteiger partial charge in [-0.25, -0.2) is 9.97 Å². The zero-order chi connectivity index (χ0) is 22.7. The Labute approximate surface area is 186 Å². The van der Waals surface area contributed by atoms with Crippen LogP contribution in [0.25, 0.3) is 11.0 Å². The van der Waals surface area contributed by atoms with Gasteiger partial charge < -0.3 is 15.4 Å². The number of hydrogen-bond donors (Lipinski definition) is 2. The van der Waals surface area contributed by atoms with Crippen molar-refractivity contribution >= 4 is 34.3 Å². The Morgan fingerprint density at radius 1 is 1.22 bits per heavy atom. The Morgan fingerprint density at radius 3 is 2.66 bits per heavy atom. The van der Waals surface area contributed by atoms with E-state index >= 15 is 0 Å². The minimum atomic E-state index is -0.260. The number of anilines is 3. The fraction of sp³-hybridized carbons (Fsp3) is 0.435. The van der Waals surface area contributed by atoms with E-state index in [0.29, 0.717) is 36.1 Å². The molecule has 2 N–H and O–H groups in total. The van der Waals surface area contributed by atoms with Crippen LogP contribution in [-0.2, 0) is 4.74 Å². The molecule has 0 aliphatic heterocycles. The summed E-state index contributed by atoms with van der Waals surface area (Å²) in [6.07, 6.45) is 7.33. The van der Waals surface area contributed by atoms with Crippen molar-refractivity contribution in [3.63, 3.8) is 0 Å². The maximum Gasteiger partial charge on any atom is 0.263 e. The summed E-state index contributed by atoms with van der Waals surface area (Å²) in [5.41, 5.74) is 2.03. The minimum Gasteiger partial charge on any atom is -0.383 e. The number of fused-ring (bicyclic) bond motifs is 1. The number of methoxy groups -OCH3 is 1. The third-order valence-electron chi connectivity index (χ3n) is 5.89. The molecular weight excluding hydrogens is 408 g/mol. The number of pyridine rings is 2. The van der Waals surface area contributed by atoms with Gasteiger partial charge in [-0.2, -0.15) is 4.98 Å². The van der Waals surface area contributed by atoms with Gasteiger partial charge >= 0.3 is 0 Å². The molecule has 4 rings (SSSR count). The zero-order valence-electron chi connectivity index (χ0n) is 18.6. The highest BCUT2D eigenvalue weighted by Gasteiger charge is 2.25. The molecule has 1 saturated carbocycles. The van der Waals surface area contributed by atoms with Crippen LogP contribution in [0.15, 0.2) is 29.3 Å². The zero-order valence-corrected chi connectivity index (χ0v) is 18.6. The average molecular weight is 437 g/mol. The Balaban J connectivity index is 1.70. The van der Waals surface area contributed by atoms with Gasteiger partial charge in [0.1, 0.15) is 11.5 Å². The molecule has 0 amide bonds.